The van der Waals surface area contributed by atoms with Crippen LogP contribution in [-0.2, 0) is 27.4 Å². The molecule has 1 N–H and O–H groups in total. The highest BCUT2D eigenvalue weighted by Gasteiger charge is 2.19. The normalized spacial score (nSPS) is 19.2. The summed E-state index contributed by atoms with van der Waals surface area (Å²) in [7, 11) is 0. The zero-order chi connectivity index (χ0) is 18.2. The molecule has 0 atom stereocenters. The third-order valence-corrected chi connectivity index (χ3v) is 5.10. The Hall–Kier alpha value is -1.92. The molecule has 26 heavy (non-hydrogen) atoms. The summed E-state index contributed by atoms with van der Waals surface area (Å²) in [4.78, 5) is 28.4. The number of amides is 2. The van der Waals surface area contributed by atoms with Crippen molar-refractivity contribution >= 4 is 11.8 Å². The number of hydrogen-bond acceptors (Lipinski definition) is 4. The molecule has 0 aliphatic carbocycles. The Morgan fingerprint density at radius 3 is 2.62 bits per heavy atom. The summed E-state index contributed by atoms with van der Waals surface area (Å²) >= 11 is 0. The number of rotatable bonds is 6. The zero-order valence-corrected chi connectivity index (χ0v) is 15.4. The number of ether oxygens (including phenoxy) is 1. The lowest BCUT2D eigenvalue weighted by Gasteiger charge is -2.27. The second-order valence-corrected chi connectivity index (χ2v) is 7.06. The lowest BCUT2D eigenvalue weighted by molar-refractivity contribution is -0.135. The van der Waals surface area contributed by atoms with E-state index in [2.05, 4.69) is 22.3 Å². The smallest absolute Gasteiger partial charge is 0.239 e. The SMILES string of the molecule is O=C(CN1CCCCCC1=O)NCc1ccccc1CN1CCOCC1. The van der Waals surface area contributed by atoms with E-state index >= 15 is 0 Å². The van der Waals surface area contributed by atoms with Crippen LogP contribution in [-0.4, -0.2) is 61.0 Å². The van der Waals surface area contributed by atoms with Gasteiger partial charge in [-0.3, -0.25) is 14.5 Å². The Bertz CT molecular complexity index is 614. The van der Waals surface area contributed by atoms with Gasteiger partial charge in [-0.25, -0.2) is 0 Å². The summed E-state index contributed by atoms with van der Waals surface area (Å²) in [5, 5.41) is 2.99. The van der Waals surface area contributed by atoms with Gasteiger partial charge in [0.25, 0.3) is 0 Å². The maximum atomic E-state index is 12.3. The Labute approximate surface area is 155 Å². The minimum Gasteiger partial charge on any atom is -0.379 e. The molecular weight excluding hydrogens is 330 g/mol. The van der Waals surface area contributed by atoms with Crippen LogP contribution in [0.5, 0.6) is 0 Å². The first-order chi connectivity index (χ1) is 12.7. The number of likely N-dealkylation sites (tertiary alicyclic amines) is 1. The van der Waals surface area contributed by atoms with Gasteiger partial charge in [-0.05, 0) is 24.0 Å². The van der Waals surface area contributed by atoms with Crippen LogP contribution in [0, 0.1) is 0 Å². The van der Waals surface area contributed by atoms with Crippen molar-refractivity contribution in [1.82, 2.24) is 15.1 Å². The fourth-order valence-electron chi connectivity index (χ4n) is 3.51. The van der Waals surface area contributed by atoms with Crippen LogP contribution in [0.25, 0.3) is 0 Å². The van der Waals surface area contributed by atoms with Crippen molar-refractivity contribution in [1.29, 1.82) is 0 Å². The van der Waals surface area contributed by atoms with E-state index in [0.29, 0.717) is 19.5 Å². The number of morpholine rings is 1. The van der Waals surface area contributed by atoms with Crippen molar-refractivity contribution in [3.63, 3.8) is 0 Å². The highest BCUT2D eigenvalue weighted by molar-refractivity contribution is 5.84. The first kappa shape index (κ1) is 18.9. The van der Waals surface area contributed by atoms with E-state index in [0.717, 1.165) is 57.7 Å². The molecule has 0 bridgehead atoms. The predicted octanol–water partition coefficient (Wildman–Crippen LogP) is 1.54. The molecule has 1 aromatic carbocycles. The molecule has 1 aromatic rings. The van der Waals surface area contributed by atoms with Crippen LogP contribution in [0.1, 0.15) is 36.8 Å². The van der Waals surface area contributed by atoms with Gasteiger partial charge in [0.2, 0.25) is 11.8 Å². The lowest BCUT2D eigenvalue weighted by atomic mass is 10.1. The molecule has 2 heterocycles. The molecule has 6 nitrogen and oxygen atoms in total. The summed E-state index contributed by atoms with van der Waals surface area (Å²) in [5.41, 5.74) is 2.37. The summed E-state index contributed by atoms with van der Waals surface area (Å²) in [5.74, 6) is 0.0202. The summed E-state index contributed by atoms with van der Waals surface area (Å²) in [6, 6.07) is 8.22. The van der Waals surface area contributed by atoms with Crippen molar-refractivity contribution < 1.29 is 14.3 Å². The van der Waals surface area contributed by atoms with Crippen molar-refractivity contribution in [2.75, 3.05) is 39.4 Å². The summed E-state index contributed by atoms with van der Waals surface area (Å²) in [6.07, 6.45) is 3.56. The highest BCUT2D eigenvalue weighted by Crippen LogP contribution is 2.13. The van der Waals surface area contributed by atoms with E-state index < -0.39 is 0 Å². The van der Waals surface area contributed by atoms with Crippen molar-refractivity contribution in [3.05, 3.63) is 35.4 Å². The maximum absolute atomic E-state index is 12.3. The Morgan fingerprint density at radius 1 is 1.04 bits per heavy atom. The second kappa shape index (κ2) is 9.69. The number of benzene rings is 1. The number of hydrogen-bond donors (Lipinski definition) is 1. The predicted molar refractivity (Wildman–Crippen MR) is 99.4 cm³/mol. The van der Waals surface area contributed by atoms with Gasteiger partial charge in [-0.15, -0.1) is 0 Å². The van der Waals surface area contributed by atoms with Crippen LogP contribution < -0.4 is 5.32 Å². The quantitative estimate of drug-likeness (QED) is 0.837. The third kappa shape index (κ3) is 5.54. The fourth-order valence-corrected chi connectivity index (χ4v) is 3.51. The Kier molecular flexibility index (Phi) is 7.03. The lowest BCUT2D eigenvalue weighted by Crippen LogP contribution is -2.40. The van der Waals surface area contributed by atoms with Gasteiger partial charge in [0, 0.05) is 39.1 Å². The van der Waals surface area contributed by atoms with Crippen molar-refractivity contribution in [2.45, 2.75) is 38.8 Å². The van der Waals surface area contributed by atoms with Gasteiger partial charge < -0.3 is 15.0 Å². The van der Waals surface area contributed by atoms with Gasteiger partial charge in [-0.1, -0.05) is 30.7 Å². The maximum Gasteiger partial charge on any atom is 0.239 e. The van der Waals surface area contributed by atoms with Crippen molar-refractivity contribution in [2.24, 2.45) is 0 Å². The van der Waals surface area contributed by atoms with E-state index in [1.54, 1.807) is 4.90 Å². The molecule has 2 amide bonds. The van der Waals surface area contributed by atoms with E-state index in [1.807, 2.05) is 12.1 Å². The third-order valence-electron chi connectivity index (χ3n) is 5.10. The van der Waals surface area contributed by atoms with Crippen LogP contribution in [0.2, 0.25) is 0 Å². The molecule has 3 rings (SSSR count). The van der Waals surface area contributed by atoms with Crippen molar-refractivity contribution in [3.8, 4) is 0 Å². The zero-order valence-electron chi connectivity index (χ0n) is 15.4. The number of carbonyl (C=O) groups is 2. The molecule has 0 unspecified atom stereocenters. The minimum atomic E-state index is -0.0820. The molecule has 142 valence electrons. The molecule has 0 saturated carbocycles. The Balaban J connectivity index is 1.52. The van der Waals surface area contributed by atoms with E-state index in [-0.39, 0.29) is 18.4 Å². The van der Waals surface area contributed by atoms with E-state index in [1.165, 1.54) is 5.56 Å². The van der Waals surface area contributed by atoms with Crippen LogP contribution in [0.4, 0.5) is 0 Å². The summed E-state index contributed by atoms with van der Waals surface area (Å²) < 4.78 is 5.41. The highest BCUT2D eigenvalue weighted by atomic mass is 16.5. The fraction of sp³-hybridized carbons (Fsp3) is 0.600. The standard InChI is InChI=1S/C20H29N3O3/c24-19(16-23-9-5-1-2-8-20(23)25)21-14-17-6-3-4-7-18(17)15-22-10-12-26-13-11-22/h3-4,6-7H,1-2,5,8-16H2,(H,21,24). The van der Waals surface area contributed by atoms with Crippen LogP contribution in [0.15, 0.2) is 24.3 Å². The molecule has 6 heteroatoms. The first-order valence-corrected chi connectivity index (χ1v) is 9.64. The Morgan fingerprint density at radius 2 is 1.81 bits per heavy atom. The van der Waals surface area contributed by atoms with Gasteiger partial charge in [0.15, 0.2) is 0 Å². The molecule has 2 aliphatic heterocycles. The van der Waals surface area contributed by atoms with Gasteiger partial charge in [0.05, 0.1) is 19.8 Å². The molecule has 0 aromatic heterocycles. The van der Waals surface area contributed by atoms with Gasteiger partial charge >= 0.3 is 0 Å². The topological polar surface area (TPSA) is 61.9 Å². The number of nitrogens with one attached hydrogen (secondary N) is 1. The molecule has 2 fully saturated rings. The largest absolute Gasteiger partial charge is 0.379 e. The number of nitrogens with zero attached hydrogens (tertiary/aromatic N) is 2. The molecule has 0 radical (unpaired) electrons. The molecular formula is C20H29N3O3. The molecule has 2 saturated heterocycles. The summed E-state index contributed by atoms with van der Waals surface area (Å²) in [6.45, 7) is 5.69. The second-order valence-electron chi connectivity index (χ2n) is 7.06. The van der Waals surface area contributed by atoms with Gasteiger partial charge in [-0.2, -0.15) is 0 Å². The monoisotopic (exact) mass is 359 g/mol. The number of carbonyl (C=O) groups excluding carboxylic acids is 2. The molecule has 2 aliphatic rings. The molecule has 0 spiro atoms. The first-order valence-electron chi connectivity index (χ1n) is 9.64. The average molecular weight is 359 g/mol. The minimum absolute atomic E-state index is 0.0820. The van der Waals surface area contributed by atoms with Gasteiger partial charge in [0.1, 0.15) is 0 Å². The van der Waals surface area contributed by atoms with Crippen LogP contribution >= 0.6 is 0 Å². The van der Waals surface area contributed by atoms with E-state index in [4.69, 9.17) is 4.74 Å². The van der Waals surface area contributed by atoms with Crippen LogP contribution in [0.3, 0.4) is 0 Å². The van der Waals surface area contributed by atoms with E-state index in [9.17, 15) is 9.59 Å². The average Bonchev–Trinajstić information content (AvgIpc) is 2.86.